The maximum absolute atomic E-state index is 11.5. The fourth-order valence-corrected chi connectivity index (χ4v) is 1.31. The molecular weight excluding hydrogens is 252 g/mol. The minimum atomic E-state index is -0.864. The van der Waals surface area contributed by atoms with Crippen molar-refractivity contribution < 1.29 is 19.1 Å². The van der Waals surface area contributed by atoms with Crippen molar-refractivity contribution >= 4 is 17.6 Å². The van der Waals surface area contributed by atoms with Gasteiger partial charge in [0, 0.05) is 19.9 Å². The zero-order chi connectivity index (χ0) is 14.3. The molecule has 1 aromatic heterocycles. The number of hydrogen-bond donors (Lipinski definition) is 2. The van der Waals surface area contributed by atoms with Gasteiger partial charge in [-0.15, -0.1) is 0 Å². The topological polar surface area (TPSA) is 108 Å². The van der Waals surface area contributed by atoms with Crippen LogP contribution in [0.2, 0.25) is 0 Å². The second-order valence-electron chi connectivity index (χ2n) is 3.89. The first-order valence-electron chi connectivity index (χ1n) is 5.77. The maximum Gasteiger partial charge on any atom is 0.328 e. The van der Waals surface area contributed by atoms with Crippen molar-refractivity contribution in [3.8, 4) is 0 Å². The van der Waals surface area contributed by atoms with Gasteiger partial charge >= 0.3 is 5.97 Å². The predicted octanol–water partition coefficient (Wildman–Crippen LogP) is -0.840. The molecule has 1 rings (SSSR count). The predicted molar refractivity (Wildman–Crippen MR) is 67.1 cm³/mol. The number of aromatic nitrogens is 2. The van der Waals surface area contributed by atoms with Crippen LogP contribution in [0.5, 0.6) is 0 Å². The lowest BCUT2D eigenvalue weighted by atomic mass is 10.3. The molecule has 0 saturated carbocycles. The second-order valence-corrected chi connectivity index (χ2v) is 3.89. The molecule has 0 aliphatic carbocycles. The summed E-state index contributed by atoms with van der Waals surface area (Å²) in [6.45, 7) is 2.18. The molecular formula is C11H18N4O4. The number of carbonyl (C=O) groups excluding carboxylic acids is 2. The van der Waals surface area contributed by atoms with Crippen LogP contribution in [-0.2, 0) is 25.6 Å². The lowest BCUT2D eigenvalue weighted by molar-refractivity contribution is -0.155. The van der Waals surface area contributed by atoms with E-state index in [1.165, 1.54) is 31.1 Å². The first kappa shape index (κ1) is 15.0. The van der Waals surface area contributed by atoms with E-state index in [0.29, 0.717) is 18.8 Å². The fraction of sp³-hybridized carbons (Fsp3) is 0.545. The van der Waals surface area contributed by atoms with E-state index in [-0.39, 0.29) is 12.5 Å². The second kappa shape index (κ2) is 7.37. The van der Waals surface area contributed by atoms with E-state index in [9.17, 15) is 9.59 Å². The third-order valence-corrected chi connectivity index (χ3v) is 2.23. The summed E-state index contributed by atoms with van der Waals surface area (Å²) in [5.41, 5.74) is 5.92. The summed E-state index contributed by atoms with van der Waals surface area (Å²) in [5.74, 6) is -0.928. The van der Waals surface area contributed by atoms with Gasteiger partial charge in [-0.1, -0.05) is 0 Å². The highest BCUT2D eigenvalue weighted by atomic mass is 16.5. The number of nitrogens with one attached hydrogen (secondary N) is 1. The van der Waals surface area contributed by atoms with Gasteiger partial charge in [-0.05, 0) is 6.92 Å². The Morgan fingerprint density at radius 2 is 2.32 bits per heavy atom. The summed E-state index contributed by atoms with van der Waals surface area (Å²) in [6.07, 6.45) is 2.07. The van der Waals surface area contributed by atoms with Gasteiger partial charge in [0.25, 0.3) is 5.91 Å². The van der Waals surface area contributed by atoms with Crippen LogP contribution in [-0.4, -0.2) is 48.0 Å². The molecule has 106 valence electrons. The Hall–Kier alpha value is -2.09. The van der Waals surface area contributed by atoms with Crippen LogP contribution < -0.4 is 11.1 Å². The quantitative estimate of drug-likeness (QED) is 0.494. The number of hydrogen-bond acceptors (Lipinski definition) is 6. The lowest BCUT2D eigenvalue weighted by Crippen LogP contribution is -2.38. The maximum atomic E-state index is 11.5. The molecule has 0 radical (unpaired) electrons. The molecule has 1 amide bonds. The first-order valence-corrected chi connectivity index (χ1v) is 5.77. The van der Waals surface area contributed by atoms with Crippen LogP contribution in [0.1, 0.15) is 6.92 Å². The van der Waals surface area contributed by atoms with Crippen LogP contribution >= 0.6 is 0 Å². The Morgan fingerprint density at radius 3 is 2.89 bits per heavy atom. The molecule has 1 aromatic rings. The van der Waals surface area contributed by atoms with Gasteiger partial charge in [-0.25, -0.2) is 0 Å². The SMILES string of the molecule is COCCNC(=O)C(C)OC(=O)Cn1cc(N)cn1. The molecule has 0 bridgehead atoms. The number of esters is 1. The number of carbonyl (C=O) groups is 2. The average molecular weight is 270 g/mol. The van der Waals surface area contributed by atoms with Gasteiger partial charge in [0.2, 0.25) is 0 Å². The number of rotatable bonds is 7. The van der Waals surface area contributed by atoms with Gasteiger partial charge in [0.15, 0.2) is 6.10 Å². The van der Waals surface area contributed by atoms with Crippen molar-refractivity contribution in [1.82, 2.24) is 15.1 Å². The molecule has 0 spiro atoms. The smallest absolute Gasteiger partial charge is 0.328 e. The molecule has 19 heavy (non-hydrogen) atoms. The van der Waals surface area contributed by atoms with Crippen LogP contribution in [0.4, 0.5) is 5.69 Å². The van der Waals surface area contributed by atoms with Gasteiger partial charge in [0.05, 0.1) is 18.5 Å². The molecule has 3 N–H and O–H groups in total. The fourth-order valence-electron chi connectivity index (χ4n) is 1.31. The van der Waals surface area contributed by atoms with Crippen molar-refractivity contribution in [3.05, 3.63) is 12.4 Å². The summed E-state index contributed by atoms with van der Waals surface area (Å²) >= 11 is 0. The number of nitrogen functional groups attached to an aromatic ring is 1. The van der Waals surface area contributed by atoms with Crippen molar-refractivity contribution in [1.29, 1.82) is 0 Å². The molecule has 0 aliphatic heterocycles. The van der Waals surface area contributed by atoms with Gasteiger partial charge < -0.3 is 20.5 Å². The van der Waals surface area contributed by atoms with Gasteiger partial charge in [0.1, 0.15) is 6.54 Å². The van der Waals surface area contributed by atoms with Crippen LogP contribution in [0.3, 0.4) is 0 Å². The van der Waals surface area contributed by atoms with E-state index in [1.807, 2.05) is 0 Å². The standard InChI is InChI=1S/C11H18N4O4/c1-8(11(17)13-3-4-18-2)19-10(16)7-15-6-9(12)5-14-15/h5-6,8H,3-4,7,12H2,1-2H3,(H,13,17). The monoisotopic (exact) mass is 270 g/mol. The van der Waals surface area contributed by atoms with E-state index in [0.717, 1.165) is 0 Å². The summed E-state index contributed by atoms with van der Waals surface area (Å²) in [7, 11) is 1.53. The Bertz CT molecular complexity index is 432. The van der Waals surface area contributed by atoms with E-state index < -0.39 is 12.1 Å². The highest BCUT2D eigenvalue weighted by Crippen LogP contribution is 1.99. The number of ether oxygens (including phenoxy) is 2. The number of amides is 1. The third-order valence-electron chi connectivity index (χ3n) is 2.23. The molecule has 0 aromatic carbocycles. The summed E-state index contributed by atoms with van der Waals surface area (Å²) < 4.78 is 11.1. The Morgan fingerprint density at radius 1 is 1.58 bits per heavy atom. The van der Waals surface area contributed by atoms with Crippen LogP contribution in [0.15, 0.2) is 12.4 Å². The van der Waals surface area contributed by atoms with Crippen molar-refractivity contribution in [2.45, 2.75) is 19.6 Å². The highest BCUT2D eigenvalue weighted by Gasteiger charge is 2.17. The van der Waals surface area contributed by atoms with Crippen LogP contribution in [0, 0.1) is 0 Å². The van der Waals surface area contributed by atoms with E-state index in [1.54, 1.807) is 0 Å². The summed E-state index contributed by atoms with van der Waals surface area (Å²) in [6, 6.07) is 0. The zero-order valence-corrected chi connectivity index (χ0v) is 11.0. The molecule has 1 atom stereocenters. The molecule has 0 saturated heterocycles. The third kappa shape index (κ3) is 5.38. The van der Waals surface area contributed by atoms with Crippen molar-refractivity contribution in [3.63, 3.8) is 0 Å². The largest absolute Gasteiger partial charge is 0.451 e. The molecule has 8 heteroatoms. The molecule has 1 heterocycles. The molecule has 0 fully saturated rings. The van der Waals surface area contributed by atoms with Crippen molar-refractivity contribution in [2.75, 3.05) is 26.0 Å². The van der Waals surface area contributed by atoms with E-state index in [4.69, 9.17) is 15.2 Å². The Balaban J connectivity index is 2.32. The van der Waals surface area contributed by atoms with Gasteiger partial charge in [-0.3, -0.25) is 14.3 Å². The number of nitrogens with zero attached hydrogens (tertiary/aromatic N) is 2. The first-order chi connectivity index (χ1) is 9.02. The van der Waals surface area contributed by atoms with E-state index >= 15 is 0 Å². The molecule has 1 unspecified atom stereocenters. The minimum Gasteiger partial charge on any atom is -0.451 e. The van der Waals surface area contributed by atoms with Crippen molar-refractivity contribution in [2.24, 2.45) is 0 Å². The number of anilines is 1. The molecule has 0 aliphatic rings. The van der Waals surface area contributed by atoms with Gasteiger partial charge in [-0.2, -0.15) is 5.10 Å². The number of nitrogens with two attached hydrogens (primary N) is 1. The lowest BCUT2D eigenvalue weighted by Gasteiger charge is -2.13. The zero-order valence-electron chi connectivity index (χ0n) is 11.0. The Labute approximate surface area is 110 Å². The highest BCUT2D eigenvalue weighted by molar-refractivity contribution is 5.83. The summed E-state index contributed by atoms with van der Waals surface area (Å²) in [5, 5.41) is 6.42. The van der Waals surface area contributed by atoms with E-state index in [2.05, 4.69) is 10.4 Å². The normalized spacial score (nSPS) is 11.9. The van der Waals surface area contributed by atoms with Crippen LogP contribution in [0.25, 0.3) is 0 Å². The number of methoxy groups -OCH3 is 1. The summed E-state index contributed by atoms with van der Waals surface area (Å²) in [4.78, 5) is 23.1. The average Bonchev–Trinajstić information content (AvgIpc) is 2.74. The Kier molecular flexibility index (Phi) is 5.80. The molecule has 8 nitrogen and oxygen atoms in total. The minimum absolute atomic E-state index is 0.0904.